The van der Waals surface area contributed by atoms with Gasteiger partial charge in [-0.2, -0.15) is 5.26 Å². The first kappa shape index (κ1) is 44.4. The average Bonchev–Trinajstić information content (AvgIpc) is 2.75. The molecule has 5 heteroatoms. The number of phenols is 1. The Hall–Kier alpha value is -2.09. The van der Waals surface area contributed by atoms with Crippen molar-refractivity contribution in [3.8, 4) is 11.8 Å². The SMILES string of the molecule is C.C.C.C.C.C.CCC(C)(C#N)CC(C)(CC(C)(C)c1c(C)cc(O)cc1F)C(=O)OC1(C)C2CC3CC(C2)CC1C3. The number of aromatic hydroxyl groups is 1. The molecular formula is C37H68FNO3. The van der Waals surface area contributed by atoms with Gasteiger partial charge in [0.25, 0.3) is 0 Å². The molecule has 0 aromatic heterocycles. The average molecular weight is 594 g/mol. The highest BCUT2D eigenvalue weighted by Crippen LogP contribution is 2.60. The molecule has 4 saturated carbocycles. The van der Waals surface area contributed by atoms with Gasteiger partial charge >= 0.3 is 5.97 Å². The van der Waals surface area contributed by atoms with E-state index in [9.17, 15) is 15.2 Å². The molecule has 0 aliphatic heterocycles. The van der Waals surface area contributed by atoms with Crippen molar-refractivity contribution in [3.63, 3.8) is 0 Å². The molecule has 2 unspecified atom stereocenters. The van der Waals surface area contributed by atoms with Crippen LogP contribution < -0.4 is 0 Å². The zero-order chi connectivity index (χ0) is 26.7. The first-order chi connectivity index (χ1) is 16.6. The lowest BCUT2D eigenvalue weighted by atomic mass is 9.50. The number of carbonyl (C=O) groups excluding carboxylic acids is 1. The summed E-state index contributed by atoms with van der Waals surface area (Å²) in [6, 6.07) is 5.15. The Labute approximate surface area is 260 Å². The standard InChI is InChI=1S/C31H44FNO3.6CH4/c1-8-29(5,18-33)17-30(6,16-28(3,4)26-19(2)9-24(34)15-25(26)32)27(35)36-31(7)22-11-20-10-21(13-22)14-23(31)12-20;;;;;;/h9,15,20-23,34H,8,10-14,16-17H2,1-7H3;6*1H4. The van der Waals surface area contributed by atoms with Crippen molar-refractivity contribution in [2.75, 3.05) is 0 Å². The van der Waals surface area contributed by atoms with E-state index >= 15 is 4.39 Å². The van der Waals surface area contributed by atoms with Crippen LogP contribution in [0.1, 0.15) is 149 Å². The lowest BCUT2D eigenvalue weighted by molar-refractivity contribution is -0.214. The topological polar surface area (TPSA) is 70.3 Å². The summed E-state index contributed by atoms with van der Waals surface area (Å²) in [6.45, 7) is 13.6. The molecule has 246 valence electrons. The van der Waals surface area contributed by atoms with Gasteiger partial charge in [0, 0.05) is 6.07 Å². The molecule has 1 N–H and O–H groups in total. The third kappa shape index (κ3) is 7.89. The number of nitrogens with zero attached hydrogens (tertiary/aromatic N) is 1. The van der Waals surface area contributed by atoms with Crippen LogP contribution in [0.3, 0.4) is 0 Å². The highest BCUT2D eigenvalue weighted by Gasteiger charge is 2.58. The van der Waals surface area contributed by atoms with Gasteiger partial charge in [-0.3, -0.25) is 4.79 Å². The second-order valence-corrected chi connectivity index (χ2v) is 13.8. The smallest absolute Gasteiger partial charge is 0.312 e. The number of nitriles is 1. The van der Waals surface area contributed by atoms with Gasteiger partial charge in [0.2, 0.25) is 0 Å². The monoisotopic (exact) mass is 594 g/mol. The lowest BCUT2D eigenvalue weighted by Crippen LogP contribution is -2.59. The number of carbonyl (C=O) groups is 1. The number of halogens is 1. The van der Waals surface area contributed by atoms with Gasteiger partial charge in [0.05, 0.1) is 16.9 Å². The third-order valence-electron chi connectivity index (χ3n) is 10.2. The number of ether oxygens (including phenoxy) is 1. The maximum absolute atomic E-state index is 15.2. The fourth-order valence-electron chi connectivity index (χ4n) is 8.57. The summed E-state index contributed by atoms with van der Waals surface area (Å²) in [5, 5.41) is 19.9. The van der Waals surface area contributed by atoms with Crippen LogP contribution in [0.2, 0.25) is 0 Å². The first-order valence-corrected chi connectivity index (χ1v) is 13.8. The maximum atomic E-state index is 15.2. The number of hydrogen-bond acceptors (Lipinski definition) is 4. The predicted octanol–water partition coefficient (Wildman–Crippen LogP) is 11.4. The molecule has 0 amide bonds. The van der Waals surface area contributed by atoms with Crippen molar-refractivity contribution >= 4 is 5.97 Å². The highest BCUT2D eigenvalue weighted by molar-refractivity contribution is 5.77. The number of esters is 1. The van der Waals surface area contributed by atoms with Crippen LogP contribution in [-0.2, 0) is 14.9 Å². The van der Waals surface area contributed by atoms with E-state index in [1.54, 1.807) is 13.0 Å². The second-order valence-electron chi connectivity index (χ2n) is 13.8. The van der Waals surface area contributed by atoms with E-state index in [1.165, 1.54) is 6.42 Å². The summed E-state index contributed by atoms with van der Waals surface area (Å²) in [6.07, 6.45) is 7.20. The summed E-state index contributed by atoms with van der Waals surface area (Å²) in [4.78, 5) is 14.2. The van der Waals surface area contributed by atoms with E-state index in [4.69, 9.17) is 4.74 Å². The summed E-state index contributed by atoms with van der Waals surface area (Å²) in [5.74, 6) is 1.52. The molecular weight excluding hydrogens is 525 g/mol. The van der Waals surface area contributed by atoms with Crippen molar-refractivity contribution in [3.05, 3.63) is 29.1 Å². The van der Waals surface area contributed by atoms with Gasteiger partial charge in [-0.05, 0) is 125 Å². The highest BCUT2D eigenvalue weighted by atomic mass is 19.1. The maximum Gasteiger partial charge on any atom is 0.312 e. The van der Waals surface area contributed by atoms with Crippen LogP contribution in [0.25, 0.3) is 0 Å². The third-order valence-corrected chi connectivity index (χ3v) is 10.2. The minimum Gasteiger partial charge on any atom is -0.508 e. The molecule has 2 atom stereocenters. The van der Waals surface area contributed by atoms with Crippen LogP contribution in [0.5, 0.6) is 5.75 Å². The van der Waals surface area contributed by atoms with E-state index in [2.05, 4.69) is 13.0 Å². The minimum atomic E-state index is -0.974. The molecule has 4 aliphatic rings. The molecule has 42 heavy (non-hydrogen) atoms. The van der Waals surface area contributed by atoms with Crippen molar-refractivity contribution in [2.24, 2.45) is 34.5 Å². The second kappa shape index (κ2) is 15.1. The first-order valence-electron chi connectivity index (χ1n) is 13.8. The number of aryl methyl sites for hydroxylation is 1. The Kier molecular flexibility index (Phi) is 15.9. The van der Waals surface area contributed by atoms with Gasteiger partial charge in [-0.25, -0.2) is 4.39 Å². The largest absolute Gasteiger partial charge is 0.508 e. The Bertz CT molecular complexity index is 1020. The summed E-state index contributed by atoms with van der Waals surface area (Å²) < 4.78 is 21.7. The molecule has 1 aromatic carbocycles. The van der Waals surface area contributed by atoms with Crippen molar-refractivity contribution in [1.82, 2.24) is 0 Å². The van der Waals surface area contributed by atoms with E-state index < -0.39 is 27.7 Å². The van der Waals surface area contributed by atoms with Crippen LogP contribution in [0.15, 0.2) is 12.1 Å². The minimum absolute atomic E-state index is 0. The summed E-state index contributed by atoms with van der Waals surface area (Å²) >= 11 is 0. The molecule has 4 aliphatic carbocycles. The number of rotatable bonds is 8. The van der Waals surface area contributed by atoms with Crippen molar-refractivity contribution in [1.29, 1.82) is 5.26 Å². The number of phenolic OH excluding ortho intramolecular Hbond substituents is 1. The van der Waals surface area contributed by atoms with E-state index in [0.717, 1.165) is 43.6 Å². The lowest BCUT2D eigenvalue weighted by Gasteiger charge is -2.59. The zero-order valence-electron chi connectivity index (χ0n) is 23.2. The summed E-state index contributed by atoms with van der Waals surface area (Å²) in [7, 11) is 0. The molecule has 1 aromatic rings. The summed E-state index contributed by atoms with van der Waals surface area (Å²) in [5.41, 5.74) is -1.71. The van der Waals surface area contributed by atoms with Crippen LogP contribution in [-0.4, -0.2) is 16.7 Å². The Morgan fingerprint density at radius 3 is 1.86 bits per heavy atom. The zero-order valence-corrected chi connectivity index (χ0v) is 23.2. The number of benzene rings is 1. The van der Waals surface area contributed by atoms with Gasteiger partial charge < -0.3 is 9.84 Å². The molecule has 0 saturated heterocycles. The van der Waals surface area contributed by atoms with Gasteiger partial charge in [0.15, 0.2) is 0 Å². The Morgan fingerprint density at radius 2 is 1.45 bits per heavy atom. The normalized spacial score (nSPS) is 27.8. The molecule has 4 nitrogen and oxygen atoms in total. The fraction of sp³-hybridized carbons (Fsp3) is 0.784. The van der Waals surface area contributed by atoms with Gasteiger partial charge in [-0.15, -0.1) is 0 Å². The predicted molar refractivity (Wildman–Crippen MR) is 179 cm³/mol. The molecule has 5 rings (SSSR count). The van der Waals surface area contributed by atoms with Gasteiger partial charge in [-0.1, -0.05) is 65.3 Å². The molecule has 0 spiro atoms. The molecule has 0 heterocycles. The number of hydrogen-bond donors (Lipinski definition) is 1. The van der Waals surface area contributed by atoms with Gasteiger partial charge in [0.1, 0.15) is 17.2 Å². The molecule has 4 fully saturated rings. The Balaban J connectivity index is -0.00000253. The fourth-order valence-corrected chi connectivity index (χ4v) is 8.57. The Morgan fingerprint density at radius 1 is 0.976 bits per heavy atom. The van der Waals surface area contributed by atoms with Crippen molar-refractivity contribution in [2.45, 2.75) is 155 Å². The van der Waals surface area contributed by atoms with E-state index in [-0.39, 0.29) is 56.3 Å². The van der Waals surface area contributed by atoms with Crippen molar-refractivity contribution < 1.29 is 19.0 Å². The van der Waals surface area contributed by atoms with E-state index in [0.29, 0.717) is 42.2 Å². The van der Waals surface area contributed by atoms with Crippen LogP contribution in [0, 0.1) is 58.6 Å². The van der Waals surface area contributed by atoms with Crippen LogP contribution in [0.4, 0.5) is 4.39 Å². The quantitative estimate of drug-likeness (QED) is 0.304. The van der Waals surface area contributed by atoms with Crippen LogP contribution >= 0.6 is 0 Å². The molecule has 0 radical (unpaired) electrons. The molecule has 4 bridgehead atoms. The van der Waals surface area contributed by atoms with E-state index in [1.807, 2.05) is 34.6 Å².